The number of ether oxygens (including phenoxy) is 4. The molecule has 296 valence electrons. The van der Waals surface area contributed by atoms with E-state index in [2.05, 4.69) is 19.9 Å². The molecule has 0 bridgehead atoms. The Morgan fingerprint density at radius 1 is 0.782 bits per heavy atom. The lowest BCUT2D eigenvalue weighted by molar-refractivity contribution is -0.0582. The van der Waals surface area contributed by atoms with Gasteiger partial charge in [-0.1, -0.05) is 56.7 Å². The number of amides is 2. The third-order valence-electron chi connectivity index (χ3n) is 8.28. The fourth-order valence-electron chi connectivity index (χ4n) is 6.17. The predicted molar refractivity (Wildman–Crippen MR) is 213 cm³/mol. The number of hydrogen-bond donors (Lipinski definition) is 0. The molecule has 12 nitrogen and oxygen atoms in total. The van der Waals surface area contributed by atoms with Crippen molar-refractivity contribution in [2.24, 2.45) is 0 Å². The Kier molecular flexibility index (Phi) is 12.6. The van der Waals surface area contributed by atoms with Gasteiger partial charge in [0, 0.05) is 11.3 Å². The van der Waals surface area contributed by atoms with Crippen LogP contribution in [-0.4, -0.2) is 55.3 Å². The van der Waals surface area contributed by atoms with Gasteiger partial charge in [0.15, 0.2) is 5.82 Å². The number of aromatic nitrogens is 3. The second-order valence-corrected chi connectivity index (χ2v) is 17.7. The van der Waals surface area contributed by atoms with Gasteiger partial charge in [-0.25, -0.2) is 24.4 Å². The maximum atomic E-state index is 14.1. The molecule has 55 heavy (non-hydrogen) atoms. The van der Waals surface area contributed by atoms with Crippen molar-refractivity contribution < 1.29 is 33.3 Å². The predicted octanol–water partition coefficient (Wildman–Crippen LogP) is 10.6. The highest BCUT2D eigenvalue weighted by molar-refractivity contribution is 6.17. The average Bonchev–Trinajstić information content (AvgIpc) is 3.38. The summed E-state index contributed by atoms with van der Waals surface area (Å²) in [5.41, 5.74) is 0.545. The highest BCUT2D eigenvalue weighted by atomic mass is 16.7. The smallest absolute Gasteiger partial charge is 0.443 e. The summed E-state index contributed by atoms with van der Waals surface area (Å²) in [6.45, 7) is 23.5. The first-order valence-corrected chi connectivity index (χ1v) is 18.9. The summed E-state index contributed by atoms with van der Waals surface area (Å²) >= 11 is 0. The molecule has 0 N–H and O–H groups in total. The highest BCUT2D eigenvalue weighted by Gasteiger charge is 2.38. The lowest BCUT2D eigenvalue weighted by Crippen LogP contribution is -2.44. The first-order valence-electron chi connectivity index (χ1n) is 18.9. The van der Waals surface area contributed by atoms with E-state index in [-0.39, 0.29) is 23.8 Å². The zero-order valence-electron chi connectivity index (χ0n) is 34.7. The van der Waals surface area contributed by atoms with Crippen molar-refractivity contribution >= 4 is 46.1 Å². The zero-order valence-corrected chi connectivity index (χ0v) is 34.7. The molecule has 2 heterocycles. The Morgan fingerprint density at radius 3 is 1.85 bits per heavy atom. The minimum atomic E-state index is -1.08. The van der Waals surface area contributed by atoms with E-state index in [1.165, 1.54) is 0 Å². The molecule has 12 heteroatoms. The number of anilines is 1. The van der Waals surface area contributed by atoms with Gasteiger partial charge in [0.25, 0.3) is 0 Å². The maximum Gasteiger partial charge on any atom is 0.509 e. The Balaban J connectivity index is 2.05. The second-order valence-electron chi connectivity index (χ2n) is 17.7. The molecule has 0 unspecified atom stereocenters. The van der Waals surface area contributed by atoms with Gasteiger partial charge in [-0.15, -0.1) is 0 Å². The Morgan fingerprint density at radius 2 is 1.33 bits per heavy atom. The number of rotatable bonds is 10. The molecule has 0 radical (unpaired) electrons. The van der Waals surface area contributed by atoms with Crippen LogP contribution in [0, 0.1) is 11.3 Å². The third-order valence-corrected chi connectivity index (χ3v) is 8.28. The summed E-state index contributed by atoms with van der Waals surface area (Å²) in [7, 11) is 0. The lowest BCUT2D eigenvalue weighted by Gasteiger charge is -2.29. The Bertz CT molecular complexity index is 2050. The van der Waals surface area contributed by atoms with Crippen molar-refractivity contribution in [2.75, 3.05) is 4.90 Å². The molecule has 0 aliphatic heterocycles. The molecular formula is C43H57N5O7. The van der Waals surface area contributed by atoms with Crippen molar-refractivity contribution in [3.8, 4) is 6.07 Å². The van der Waals surface area contributed by atoms with E-state index in [9.17, 15) is 14.4 Å². The molecule has 0 saturated heterocycles. The summed E-state index contributed by atoms with van der Waals surface area (Å²) in [6, 6.07) is 16.0. The van der Waals surface area contributed by atoms with E-state index in [4.69, 9.17) is 34.2 Å². The quantitative estimate of drug-likeness (QED) is 0.113. The maximum absolute atomic E-state index is 14.1. The molecule has 0 aliphatic carbocycles. The molecule has 2 aromatic carbocycles. The average molecular weight is 756 g/mol. The molecule has 0 aliphatic rings. The number of carbonyl (C=O) groups is 3. The van der Waals surface area contributed by atoms with Gasteiger partial charge < -0.3 is 23.5 Å². The molecule has 2 amide bonds. The third kappa shape index (κ3) is 11.4. The number of benzene rings is 2. The number of imidazole rings is 1. The molecule has 0 spiro atoms. The van der Waals surface area contributed by atoms with Crippen molar-refractivity contribution in [2.45, 2.75) is 151 Å². The highest BCUT2D eigenvalue weighted by Crippen LogP contribution is 2.38. The van der Waals surface area contributed by atoms with Crippen LogP contribution in [0.1, 0.15) is 131 Å². The molecule has 0 saturated carbocycles. The van der Waals surface area contributed by atoms with E-state index >= 15 is 0 Å². The molecule has 0 fully saturated rings. The minimum Gasteiger partial charge on any atom is -0.443 e. The van der Waals surface area contributed by atoms with E-state index in [0.717, 1.165) is 39.8 Å². The van der Waals surface area contributed by atoms with Gasteiger partial charge in [0.1, 0.15) is 33.7 Å². The summed E-state index contributed by atoms with van der Waals surface area (Å²) in [5.74, 6) is 0.555. The van der Waals surface area contributed by atoms with Crippen LogP contribution in [0.4, 0.5) is 20.2 Å². The fourth-order valence-corrected chi connectivity index (χ4v) is 6.17. The second kappa shape index (κ2) is 16.3. The number of nitriles is 1. The monoisotopic (exact) mass is 755 g/mol. The molecular weight excluding hydrogens is 699 g/mol. The minimum absolute atomic E-state index is 0.0430. The Labute approximate surface area is 325 Å². The van der Waals surface area contributed by atoms with Crippen molar-refractivity contribution in [3.63, 3.8) is 0 Å². The number of pyridine rings is 1. The van der Waals surface area contributed by atoms with E-state index in [1.807, 2.05) is 47.0 Å². The number of imide groups is 1. The van der Waals surface area contributed by atoms with Crippen LogP contribution in [0.15, 0.2) is 42.5 Å². The van der Waals surface area contributed by atoms with Gasteiger partial charge in [-0.2, -0.15) is 10.2 Å². The van der Waals surface area contributed by atoms with Crippen LogP contribution in [0.5, 0.6) is 0 Å². The molecule has 4 rings (SSSR count). The number of hydrogen-bond acceptors (Lipinski definition) is 10. The van der Waals surface area contributed by atoms with Crippen LogP contribution in [0.3, 0.4) is 0 Å². The Hall–Kier alpha value is -5.18. The van der Waals surface area contributed by atoms with E-state index < -0.39 is 40.7 Å². The van der Waals surface area contributed by atoms with Gasteiger partial charge in [-0.05, 0) is 112 Å². The first-order chi connectivity index (χ1) is 25.4. The van der Waals surface area contributed by atoms with Gasteiger partial charge in [0.05, 0.1) is 30.1 Å². The molecule has 4 aromatic rings. The lowest BCUT2D eigenvalue weighted by atomic mass is 10.0. The van der Waals surface area contributed by atoms with E-state index in [1.54, 1.807) is 76.2 Å². The summed E-state index contributed by atoms with van der Waals surface area (Å²) in [4.78, 5) is 52.1. The summed E-state index contributed by atoms with van der Waals surface area (Å²) in [5, 5.41) is 9.83. The van der Waals surface area contributed by atoms with Crippen LogP contribution in [-0.2, 0) is 38.3 Å². The van der Waals surface area contributed by atoms with Crippen LogP contribution in [0.25, 0.3) is 21.9 Å². The van der Waals surface area contributed by atoms with Gasteiger partial charge >= 0.3 is 18.3 Å². The molecule has 1 atom stereocenters. The number of fused-ring (bicyclic) bond motifs is 3. The van der Waals surface area contributed by atoms with Crippen LogP contribution >= 0.6 is 0 Å². The van der Waals surface area contributed by atoms with Crippen LogP contribution in [0.2, 0.25) is 0 Å². The van der Waals surface area contributed by atoms with Gasteiger partial charge in [-0.3, -0.25) is 0 Å². The largest absolute Gasteiger partial charge is 0.509 e. The zero-order chi connectivity index (χ0) is 41.1. The topological polar surface area (TPSA) is 146 Å². The fraction of sp³-hybridized carbons (Fsp3) is 0.535. The van der Waals surface area contributed by atoms with Crippen molar-refractivity contribution in [1.29, 1.82) is 5.26 Å². The van der Waals surface area contributed by atoms with E-state index in [0.29, 0.717) is 29.7 Å². The standard InChI is InChI=1S/C43H57N5O7/c1-14-15-27(2)35-46-33-34(47(35)26-43(12,13)55-39(51)54-42(9,10)11)31-21-20-30(24-29-18-16-28(17-19-29)22-23-44)25-32(31)45-36(33)48(37(49)52-40(3,4)5)38(50)53-41(6,7)8/h16-21,25,27H,14-15,22,24,26H2,1-13H3/t27-/m1/s1. The normalized spacial score (nSPS) is 12.9. The SMILES string of the molecule is CCC[C@@H](C)c1nc2c(N(C(=O)OC(C)(C)C)C(=O)OC(C)(C)C)nc3cc(Cc4ccc(CC#N)cc4)ccc3c2n1CC(C)(C)OC(=O)OC(C)(C)C. The summed E-state index contributed by atoms with van der Waals surface area (Å²) < 4.78 is 25.0. The molecule has 2 aromatic heterocycles. The number of nitrogens with zero attached hydrogens (tertiary/aromatic N) is 5. The van der Waals surface area contributed by atoms with Crippen molar-refractivity contribution in [1.82, 2.24) is 14.5 Å². The van der Waals surface area contributed by atoms with Gasteiger partial charge in [0.2, 0.25) is 0 Å². The van der Waals surface area contributed by atoms with Crippen molar-refractivity contribution in [3.05, 3.63) is 65.0 Å². The number of carbonyl (C=O) groups excluding carboxylic acids is 3. The summed E-state index contributed by atoms with van der Waals surface area (Å²) in [6.07, 6.45) is -0.174. The van der Waals surface area contributed by atoms with Crippen LogP contribution < -0.4 is 4.90 Å². The first kappa shape index (κ1) is 42.6.